The number of carbonyl (C=O) groups is 1. The average molecular weight is 440 g/mol. The van der Waals surface area contributed by atoms with Crippen molar-refractivity contribution in [2.24, 2.45) is 0 Å². The predicted molar refractivity (Wildman–Crippen MR) is 128 cm³/mol. The number of carbonyl (C=O) groups excluding carboxylic acids is 1. The molecule has 3 heterocycles. The number of amides is 1. The number of anilines is 2. The van der Waals surface area contributed by atoms with Crippen molar-refractivity contribution in [3.8, 4) is 22.6 Å². The summed E-state index contributed by atoms with van der Waals surface area (Å²) >= 11 is 0. The third-order valence-electron chi connectivity index (χ3n) is 5.90. The van der Waals surface area contributed by atoms with Gasteiger partial charge in [0, 0.05) is 43.0 Å². The Labute approximate surface area is 192 Å². The van der Waals surface area contributed by atoms with Gasteiger partial charge in [-0.05, 0) is 72.9 Å². The minimum atomic E-state index is -0.144. The van der Waals surface area contributed by atoms with Gasteiger partial charge in [0.2, 0.25) is 11.8 Å². The molecule has 1 aliphatic rings. The maximum Gasteiger partial charge on any atom is 0.255 e. The van der Waals surface area contributed by atoms with E-state index in [1.54, 1.807) is 19.2 Å². The van der Waals surface area contributed by atoms with E-state index >= 15 is 0 Å². The van der Waals surface area contributed by atoms with Crippen molar-refractivity contribution in [1.82, 2.24) is 15.2 Å². The van der Waals surface area contributed by atoms with Gasteiger partial charge in [0.15, 0.2) is 0 Å². The van der Waals surface area contributed by atoms with E-state index in [1.165, 1.54) is 12.8 Å². The van der Waals surface area contributed by atoms with Crippen LogP contribution in [0.25, 0.3) is 22.6 Å². The van der Waals surface area contributed by atoms with E-state index in [4.69, 9.17) is 4.42 Å². The smallest absolute Gasteiger partial charge is 0.255 e. The quantitative estimate of drug-likeness (QED) is 0.456. The fourth-order valence-corrected chi connectivity index (χ4v) is 4.10. The molecular formula is C26H25N5O2. The van der Waals surface area contributed by atoms with Gasteiger partial charge in [0.25, 0.3) is 5.91 Å². The molecule has 0 atom stereocenters. The number of nitrogens with one attached hydrogen (secondary N) is 1. The van der Waals surface area contributed by atoms with Gasteiger partial charge in [0.05, 0.1) is 0 Å². The van der Waals surface area contributed by atoms with E-state index in [-0.39, 0.29) is 5.91 Å². The summed E-state index contributed by atoms with van der Waals surface area (Å²) in [5.41, 5.74) is 5.44. The highest BCUT2D eigenvalue weighted by Gasteiger charge is 2.16. The zero-order chi connectivity index (χ0) is 22.8. The first-order valence-corrected chi connectivity index (χ1v) is 11.1. The summed E-state index contributed by atoms with van der Waals surface area (Å²) in [4.78, 5) is 19.6. The predicted octanol–water partition coefficient (Wildman–Crippen LogP) is 5.27. The van der Waals surface area contributed by atoms with Gasteiger partial charge in [-0.15, -0.1) is 10.2 Å². The van der Waals surface area contributed by atoms with E-state index in [9.17, 15) is 4.79 Å². The van der Waals surface area contributed by atoms with Crippen LogP contribution in [0.4, 0.5) is 11.5 Å². The van der Waals surface area contributed by atoms with Crippen LogP contribution in [0.2, 0.25) is 0 Å². The Morgan fingerprint density at radius 1 is 0.939 bits per heavy atom. The molecule has 166 valence electrons. The van der Waals surface area contributed by atoms with Gasteiger partial charge in [0.1, 0.15) is 5.82 Å². The lowest BCUT2D eigenvalue weighted by atomic mass is 9.98. The van der Waals surface area contributed by atoms with Crippen molar-refractivity contribution >= 4 is 17.4 Å². The zero-order valence-corrected chi connectivity index (χ0v) is 18.7. The number of nitrogens with zero attached hydrogens (tertiary/aromatic N) is 4. The third kappa shape index (κ3) is 4.48. The fraction of sp³-hybridized carbons (Fsp3) is 0.231. The molecule has 0 unspecified atom stereocenters. The number of benzene rings is 2. The third-order valence-corrected chi connectivity index (χ3v) is 5.90. The lowest BCUT2D eigenvalue weighted by Crippen LogP contribution is -2.20. The highest BCUT2D eigenvalue weighted by atomic mass is 16.4. The van der Waals surface area contributed by atoms with Crippen molar-refractivity contribution in [3.05, 3.63) is 77.8 Å². The van der Waals surface area contributed by atoms with Gasteiger partial charge in [-0.2, -0.15) is 0 Å². The van der Waals surface area contributed by atoms with Gasteiger partial charge in [-0.25, -0.2) is 4.98 Å². The first-order chi connectivity index (χ1) is 16.1. The van der Waals surface area contributed by atoms with Crippen LogP contribution < -0.4 is 10.2 Å². The van der Waals surface area contributed by atoms with Crippen LogP contribution in [0.5, 0.6) is 0 Å². The number of rotatable bonds is 5. The van der Waals surface area contributed by atoms with E-state index in [0.29, 0.717) is 17.3 Å². The summed E-state index contributed by atoms with van der Waals surface area (Å²) in [6, 6.07) is 17.5. The monoisotopic (exact) mass is 439 g/mol. The molecule has 7 nitrogen and oxygen atoms in total. The van der Waals surface area contributed by atoms with Crippen molar-refractivity contribution in [1.29, 1.82) is 0 Å². The summed E-state index contributed by atoms with van der Waals surface area (Å²) < 4.78 is 5.51. The Balaban J connectivity index is 1.35. The standard InChI is InChI=1S/C26H25N5O2/c1-17-5-10-22(28-25(32)21-11-12-27-24(15-21)31-13-3-4-14-31)16-23(17)19-6-8-20(9-7-19)26-30-29-18(2)33-26/h5-12,15-16H,3-4,13-14H2,1-2H3,(H,28,32). The topological polar surface area (TPSA) is 84.2 Å². The van der Waals surface area contributed by atoms with E-state index in [0.717, 1.165) is 46.8 Å². The molecule has 1 saturated heterocycles. The molecule has 0 bridgehead atoms. The van der Waals surface area contributed by atoms with Crippen molar-refractivity contribution in [3.63, 3.8) is 0 Å². The van der Waals surface area contributed by atoms with Crippen LogP contribution in [0.1, 0.15) is 34.7 Å². The summed E-state index contributed by atoms with van der Waals surface area (Å²) in [5, 5.41) is 11.0. The minimum Gasteiger partial charge on any atom is -0.421 e. The van der Waals surface area contributed by atoms with Crippen molar-refractivity contribution in [2.45, 2.75) is 26.7 Å². The van der Waals surface area contributed by atoms with E-state index in [2.05, 4.69) is 32.3 Å². The second kappa shape index (κ2) is 8.86. The summed E-state index contributed by atoms with van der Waals surface area (Å²) in [5.74, 6) is 1.76. The van der Waals surface area contributed by atoms with Crippen LogP contribution >= 0.6 is 0 Å². The lowest BCUT2D eigenvalue weighted by Gasteiger charge is -2.17. The van der Waals surface area contributed by atoms with Gasteiger partial charge in [-0.3, -0.25) is 4.79 Å². The maximum atomic E-state index is 12.9. The van der Waals surface area contributed by atoms with E-state index < -0.39 is 0 Å². The molecule has 7 heteroatoms. The molecule has 1 amide bonds. The summed E-state index contributed by atoms with van der Waals surface area (Å²) in [6.07, 6.45) is 4.04. The van der Waals surface area contributed by atoms with Crippen molar-refractivity contribution in [2.75, 3.05) is 23.3 Å². The largest absolute Gasteiger partial charge is 0.421 e. The molecule has 5 rings (SSSR count). The van der Waals surface area contributed by atoms with Gasteiger partial charge in [-0.1, -0.05) is 18.2 Å². The Bertz CT molecular complexity index is 1290. The fourth-order valence-electron chi connectivity index (χ4n) is 4.10. The second-order valence-electron chi connectivity index (χ2n) is 8.28. The molecule has 33 heavy (non-hydrogen) atoms. The summed E-state index contributed by atoms with van der Waals surface area (Å²) in [7, 11) is 0. The molecule has 2 aromatic heterocycles. The Kier molecular flexibility index (Phi) is 5.60. The molecule has 4 aromatic rings. The van der Waals surface area contributed by atoms with Crippen LogP contribution in [0, 0.1) is 13.8 Å². The number of hydrogen-bond acceptors (Lipinski definition) is 6. The highest BCUT2D eigenvalue weighted by Crippen LogP contribution is 2.29. The first-order valence-electron chi connectivity index (χ1n) is 11.1. The van der Waals surface area contributed by atoms with Crippen LogP contribution in [-0.4, -0.2) is 34.2 Å². The molecule has 1 aliphatic heterocycles. The molecule has 0 radical (unpaired) electrons. The van der Waals surface area contributed by atoms with Gasteiger partial charge >= 0.3 is 0 Å². The minimum absolute atomic E-state index is 0.144. The molecule has 1 fully saturated rings. The Morgan fingerprint density at radius 3 is 2.42 bits per heavy atom. The number of pyridine rings is 1. The van der Waals surface area contributed by atoms with Crippen LogP contribution in [0.15, 0.2) is 65.2 Å². The normalized spacial score (nSPS) is 13.3. The van der Waals surface area contributed by atoms with Crippen molar-refractivity contribution < 1.29 is 9.21 Å². The first kappa shape index (κ1) is 20.9. The molecule has 0 spiro atoms. The van der Waals surface area contributed by atoms with Crippen LogP contribution in [0.3, 0.4) is 0 Å². The average Bonchev–Trinajstić information content (AvgIpc) is 3.53. The molecule has 0 saturated carbocycles. The highest BCUT2D eigenvalue weighted by molar-refractivity contribution is 6.05. The molecular weight excluding hydrogens is 414 g/mol. The van der Waals surface area contributed by atoms with E-state index in [1.807, 2.05) is 48.5 Å². The number of aryl methyl sites for hydroxylation is 2. The molecule has 0 aliphatic carbocycles. The second-order valence-corrected chi connectivity index (χ2v) is 8.28. The maximum absolute atomic E-state index is 12.9. The molecule has 2 aromatic carbocycles. The zero-order valence-electron chi connectivity index (χ0n) is 18.7. The molecule has 1 N–H and O–H groups in total. The van der Waals surface area contributed by atoms with Gasteiger partial charge < -0.3 is 14.6 Å². The van der Waals surface area contributed by atoms with Crippen LogP contribution in [-0.2, 0) is 0 Å². The number of hydrogen-bond donors (Lipinski definition) is 1. The lowest BCUT2D eigenvalue weighted by molar-refractivity contribution is 0.102. The SMILES string of the molecule is Cc1nnc(-c2ccc(-c3cc(NC(=O)c4ccnc(N5CCCC5)c4)ccc3C)cc2)o1. The summed E-state index contributed by atoms with van der Waals surface area (Å²) in [6.45, 7) is 5.81. The Hall–Kier alpha value is -4.00. The Morgan fingerprint density at radius 2 is 1.70 bits per heavy atom. The number of aromatic nitrogens is 3.